The van der Waals surface area contributed by atoms with Crippen LogP contribution in [0.5, 0.6) is 23.0 Å². The molecule has 0 fully saturated rings. The second-order valence-electron chi connectivity index (χ2n) is 7.24. The second-order valence-corrected chi connectivity index (χ2v) is 7.24. The number of pyridine rings is 1. The van der Waals surface area contributed by atoms with E-state index in [2.05, 4.69) is 5.32 Å². The molecule has 0 amide bonds. The second kappa shape index (κ2) is 7.39. The molecule has 2 N–H and O–H groups in total. The van der Waals surface area contributed by atoms with E-state index < -0.39 is 11.6 Å². The molecular formula is C23H20FN3O4. The van der Waals surface area contributed by atoms with Crippen molar-refractivity contribution in [3.8, 4) is 34.3 Å². The summed E-state index contributed by atoms with van der Waals surface area (Å²) in [7, 11) is 1.37. The number of ether oxygens (including phenoxy) is 3. The summed E-state index contributed by atoms with van der Waals surface area (Å²) in [6.07, 6.45) is 1.94. The van der Waals surface area contributed by atoms with Gasteiger partial charge in [0.05, 0.1) is 7.11 Å². The molecule has 8 heteroatoms. The molecule has 1 aliphatic heterocycles. The predicted octanol–water partition coefficient (Wildman–Crippen LogP) is 4.68. The van der Waals surface area contributed by atoms with E-state index in [9.17, 15) is 9.50 Å². The van der Waals surface area contributed by atoms with Gasteiger partial charge in [0.1, 0.15) is 30.4 Å². The zero-order valence-electron chi connectivity index (χ0n) is 17.0. The Morgan fingerprint density at radius 2 is 1.90 bits per heavy atom. The number of methoxy groups -OCH3 is 1. The monoisotopic (exact) mass is 421 g/mol. The molecule has 31 heavy (non-hydrogen) atoms. The van der Waals surface area contributed by atoms with Crippen molar-refractivity contribution in [3.05, 3.63) is 60.0 Å². The highest BCUT2D eigenvalue weighted by Gasteiger charge is 2.20. The molecule has 0 spiro atoms. The Balaban J connectivity index is 1.66. The van der Waals surface area contributed by atoms with Crippen LogP contribution >= 0.6 is 0 Å². The van der Waals surface area contributed by atoms with E-state index in [4.69, 9.17) is 19.2 Å². The summed E-state index contributed by atoms with van der Waals surface area (Å²) < 4.78 is 32.7. The number of hydrogen-bond donors (Lipinski definition) is 2. The highest BCUT2D eigenvalue weighted by molar-refractivity contribution is 5.81. The first kappa shape index (κ1) is 19.0. The van der Waals surface area contributed by atoms with Gasteiger partial charge in [0.25, 0.3) is 0 Å². The van der Waals surface area contributed by atoms with Crippen molar-refractivity contribution < 1.29 is 23.7 Å². The molecule has 1 aliphatic rings. The molecule has 0 bridgehead atoms. The zero-order chi connectivity index (χ0) is 21.5. The normalized spacial score (nSPS) is 12.7. The van der Waals surface area contributed by atoms with Crippen LogP contribution < -0.4 is 19.5 Å². The summed E-state index contributed by atoms with van der Waals surface area (Å²) in [5.41, 5.74) is 3.47. The average molecular weight is 421 g/mol. The Kier molecular flexibility index (Phi) is 4.54. The van der Waals surface area contributed by atoms with Crippen molar-refractivity contribution in [3.63, 3.8) is 0 Å². The molecule has 2 aromatic heterocycles. The first-order valence-electron chi connectivity index (χ1n) is 9.76. The maximum atomic E-state index is 14.4. The van der Waals surface area contributed by atoms with Crippen LogP contribution in [0.3, 0.4) is 0 Å². The van der Waals surface area contributed by atoms with E-state index in [1.165, 1.54) is 13.2 Å². The predicted molar refractivity (Wildman–Crippen MR) is 114 cm³/mol. The topological polar surface area (TPSA) is 77.3 Å². The minimum Gasteiger partial charge on any atom is -0.502 e. The fourth-order valence-corrected chi connectivity index (χ4v) is 3.60. The number of phenolic OH excluding ortho intramolecular Hbond substituents is 1. The van der Waals surface area contributed by atoms with E-state index in [-0.39, 0.29) is 5.75 Å². The van der Waals surface area contributed by atoms with Crippen LogP contribution in [0.25, 0.3) is 16.9 Å². The van der Waals surface area contributed by atoms with Crippen LogP contribution in [0.15, 0.2) is 48.7 Å². The van der Waals surface area contributed by atoms with Gasteiger partial charge in [-0.2, -0.15) is 0 Å². The van der Waals surface area contributed by atoms with Gasteiger partial charge in [0, 0.05) is 23.5 Å². The van der Waals surface area contributed by atoms with E-state index in [0.29, 0.717) is 47.4 Å². The number of imidazole rings is 1. The molecule has 0 radical (unpaired) electrons. The third-order valence-electron chi connectivity index (χ3n) is 5.09. The molecule has 4 aromatic rings. The number of aromatic hydroxyl groups is 1. The van der Waals surface area contributed by atoms with Gasteiger partial charge in [-0.3, -0.25) is 4.40 Å². The lowest BCUT2D eigenvalue weighted by Gasteiger charge is -2.19. The number of halogens is 1. The number of benzene rings is 2. The first-order chi connectivity index (χ1) is 15.0. The Morgan fingerprint density at radius 1 is 1.10 bits per heavy atom. The van der Waals surface area contributed by atoms with Gasteiger partial charge in [0.2, 0.25) is 0 Å². The smallest absolute Gasteiger partial charge is 0.194 e. The molecule has 0 aliphatic carbocycles. The van der Waals surface area contributed by atoms with Crippen molar-refractivity contribution in [2.75, 3.05) is 25.6 Å². The van der Waals surface area contributed by atoms with Crippen LogP contribution in [-0.4, -0.2) is 34.8 Å². The number of hydrogen-bond acceptors (Lipinski definition) is 6. The Hall–Kier alpha value is -3.94. The highest BCUT2D eigenvalue weighted by Crippen LogP contribution is 2.39. The van der Waals surface area contributed by atoms with Gasteiger partial charge in [-0.25, -0.2) is 9.37 Å². The van der Waals surface area contributed by atoms with Gasteiger partial charge in [-0.1, -0.05) is 6.07 Å². The zero-order valence-corrected chi connectivity index (χ0v) is 17.0. The quantitative estimate of drug-likeness (QED) is 0.498. The van der Waals surface area contributed by atoms with Crippen LogP contribution in [0, 0.1) is 12.7 Å². The molecule has 158 valence electrons. The largest absolute Gasteiger partial charge is 0.502 e. The molecule has 2 aromatic carbocycles. The molecular weight excluding hydrogens is 401 g/mol. The van der Waals surface area contributed by atoms with Gasteiger partial charge in [0.15, 0.2) is 28.8 Å². The third kappa shape index (κ3) is 3.35. The van der Waals surface area contributed by atoms with Crippen molar-refractivity contribution in [1.82, 2.24) is 9.38 Å². The molecule has 0 atom stereocenters. The average Bonchev–Trinajstić information content (AvgIpc) is 3.13. The molecule has 0 saturated heterocycles. The van der Waals surface area contributed by atoms with E-state index in [1.54, 1.807) is 6.07 Å². The summed E-state index contributed by atoms with van der Waals surface area (Å²) in [6, 6.07) is 12.2. The summed E-state index contributed by atoms with van der Waals surface area (Å²) in [5, 5.41) is 13.3. The van der Waals surface area contributed by atoms with Crippen LogP contribution in [0.2, 0.25) is 0 Å². The maximum Gasteiger partial charge on any atom is 0.194 e. The summed E-state index contributed by atoms with van der Waals surface area (Å²) in [5.74, 6) is 0.701. The number of nitrogens with zero attached hydrogens (tertiary/aromatic N) is 2. The minimum absolute atomic E-state index is 0.0357. The lowest BCUT2D eigenvalue weighted by atomic mass is 10.1. The van der Waals surface area contributed by atoms with Crippen LogP contribution in [0.1, 0.15) is 5.56 Å². The number of aromatic nitrogens is 2. The summed E-state index contributed by atoms with van der Waals surface area (Å²) in [4.78, 5) is 4.69. The fraction of sp³-hybridized carbons (Fsp3) is 0.174. The third-order valence-corrected chi connectivity index (χ3v) is 5.09. The highest BCUT2D eigenvalue weighted by atomic mass is 19.1. The molecule has 0 unspecified atom stereocenters. The first-order valence-corrected chi connectivity index (χ1v) is 9.76. The maximum absolute atomic E-state index is 14.4. The Labute approximate surface area is 177 Å². The van der Waals surface area contributed by atoms with Crippen molar-refractivity contribution in [2.24, 2.45) is 0 Å². The SMILES string of the molecule is COc1cc(-c2nc3ccc(C)cn3c2Nc2ccc3c(c2)OCCO3)cc(F)c1O. The van der Waals surface area contributed by atoms with Crippen molar-refractivity contribution in [1.29, 1.82) is 0 Å². The van der Waals surface area contributed by atoms with E-state index in [1.807, 2.05) is 47.9 Å². The fourth-order valence-electron chi connectivity index (χ4n) is 3.60. The van der Waals surface area contributed by atoms with Gasteiger partial charge < -0.3 is 24.6 Å². The molecule has 3 heterocycles. The van der Waals surface area contributed by atoms with Gasteiger partial charge in [-0.15, -0.1) is 0 Å². The summed E-state index contributed by atoms with van der Waals surface area (Å²) in [6.45, 7) is 2.99. The Morgan fingerprint density at radius 3 is 2.71 bits per heavy atom. The Bertz CT molecular complexity index is 1300. The number of nitrogens with one attached hydrogen (secondary N) is 1. The van der Waals surface area contributed by atoms with Gasteiger partial charge in [-0.05, 0) is 42.8 Å². The van der Waals surface area contributed by atoms with Crippen molar-refractivity contribution in [2.45, 2.75) is 6.92 Å². The number of rotatable bonds is 4. The number of phenols is 1. The number of anilines is 2. The lowest BCUT2D eigenvalue weighted by Crippen LogP contribution is -2.15. The molecule has 7 nitrogen and oxygen atoms in total. The van der Waals surface area contributed by atoms with E-state index in [0.717, 1.165) is 11.3 Å². The van der Waals surface area contributed by atoms with E-state index >= 15 is 0 Å². The van der Waals surface area contributed by atoms with Crippen molar-refractivity contribution >= 4 is 17.2 Å². The number of fused-ring (bicyclic) bond motifs is 2. The minimum atomic E-state index is -0.784. The standard InChI is InChI=1S/C23H20FN3O4/c1-13-3-6-20-26-21(14-9-16(24)22(28)19(10-14)29-2)23(27(20)12-13)25-15-4-5-17-18(11-15)31-8-7-30-17/h3-6,9-12,25,28H,7-8H2,1-2H3. The lowest BCUT2D eigenvalue weighted by molar-refractivity contribution is 0.171. The van der Waals surface area contributed by atoms with Gasteiger partial charge >= 0.3 is 0 Å². The molecule has 0 saturated carbocycles. The van der Waals surface area contributed by atoms with Crippen LogP contribution in [-0.2, 0) is 0 Å². The van der Waals surface area contributed by atoms with Crippen LogP contribution in [0.4, 0.5) is 15.9 Å². The molecule has 5 rings (SSSR count). The summed E-state index contributed by atoms with van der Waals surface area (Å²) >= 11 is 0. The number of aryl methyl sites for hydroxylation is 1.